The van der Waals surface area contributed by atoms with Crippen molar-refractivity contribution in [1.29, 1.82) is 0 Å². The molecular weight excluding hydrogens is 532 g/mol. The molecule has 0 bridgehead atoms. The SMILES string of the molecule is CCCCCCCCCCCCCn1ccnc1C(CCCCCCCCCC)C(C)(Cc1ccccc1)c1ccccc1. The smallest absolute Gasteiger partial charge is 0.112 e. The van der Waals surface area contributed by atoms with Crippen LogP contribution in [0.15, 0.2) is 73.1 Å². The van der Waals surface area contributed by atoms with Crippen molar-refractivity contribution < 1.29 is 0 Å². The normalized spacial score (nSPS) is 13.6. The van der Waals surface area contributed by atoms with E-state index in [1.165, 1.54) is 145 Å². The summed E-state index contributed by atoms with van der Waals surface area (Å²) in [6, 6.07) is 22.5. The van der Waals surface area contributed by atoms with Crippen molar-refractivity contribution in [2.24, 2.45) is 0 Å². The average molecular weight is 599 g/mol. The number of nitrogens with zero attached hydrogens (tertiary/aromatic N) is 2. The van der Waals surface area contributed by atoms with E-state index in [1.54, 1.807) is 0 Å². The highest BCUT2D eigenvalue weighted by Gasteiger charge is 2.39. The van der Waals surface area contributed by atoms with Crippen LogP contribution < -0.4 is 0 Å². The molecule has 1 aromatic heterocycles. The Morgan fingerprint density at radius 3 is 1.61 bits per heavy atom. The van der Waals surface area contributed by atoms with Crippen molar-refractivity contribution in [3.05, 3.63) is 90.0 Å². The van der Waals surface area contributed by atoms with Crippen molar-refractivity contribution in [2.45, 2.75) is 173 Å². The summed E-state index contributed by atoms with van der Waals surface area (Å²) in [7, 11) is 0. The molecule has 0 saturated heterocycles. The molecule has 44 heavy (non-hydrogen) atoms. The number of benzene rings is 2. The van der Waals surface area contributed by atoms with Crippen LogP contribution in [0.4, 0.5) is 0 Å². The van der Waals surface area contributed by atoms with Gasteiger partial charge in [0.2, 0.25) is 0 Å². The molecular formula is C42H66N2. The van der Waals surface area contributed by atoms with Crippen LogP contribution in [0.3, 0.4) is 0 Å². The van der Waals surface area contributed by atoms with E-state index in [2.05, 4.69) is 98.4 Å². The quantitative estimate of drug-likeness (QED) is 0.0840. The number of imidazole rings is 1. The summed E-state index contributed by atoms with van der Waals surface area (Å²) in [6.45, 7) is 8.22. The summed E-state index contributed by atoms with van der Waals surface area (Å²) >= 11 is 0. The fourth-order valence-electron chi connectivity index (χ4n) is 7.25. The van der Waals surface area contributed by atoms with Gasteiger partial charge in [0, 0.05) is 30.3 Å². The predicted molar refractivity (Wildman–Crippen MR) is 193 cm³/mol. The lowest BCUT2D eigenvalue weighted by molar-refractivity contribution is 0.321. The van der Waals surface area contributed by atoms with Crippen molar-refractivity contribution in [3.8, 4) is 0 Å². The molecule has 2 nitrogen and oxygen atoms in total. The second kappa shape index (κ2) is 22.2. The lowest BCUT2D eigenvalue weighted by Gasteiger charge is -2.39. The molecule has 0 spiro atoms. The van der Waals surface area contributed by atoms with Crippen molar-refractivity contribution >= 4 is 0 Å². The molecule has 0 aliphatic carbocycles. The highest BCUT2D eigenvalue weighted by molar-refractivity contribution is 5.33. The molecule has 3 aromatic rings. The molecule has 2 heteroatoms. The number of aryl methyl sites for hydroxylation is 1. The highest BCUT2D eigenvalue weighted by Crippen LogP contribution is 2.44. The van der Waals surface area contributed by atoms with E-state index in [9.17, 15) is 0 Å². The topological polar surface area (TPSA) is 17.8 Å². The molecule has 244 valence electrons. The summed E-state index contributed by atoms with van der Waals surface area (Å²) in [5.74, 6) is 1.69. The number of aromatic nitrogens is 2. The van der Waals surface area contributed by atoms with Crippen LogP contribution in [-0.2, 0) is 18.4 Å². The fraction of sp³-hybridized carbons (Fsp3) is 0.643. The monoisotopic (exact) mass is 599 g/mol. The van der Waals surface area contributed by atoms with Crippen molar-refractivity contribution in [2.75, 3.05) is 0 Å². The van der Waals surface area contributed by atoms with Gasteiger partial charge in [0.1, 0.15) is 5.82 Å². The summed E-state index contributed by atoms with van der Waals surface area (Å²) < 4.78 is 2.52. The Labute approximate surface area is 272 Å². The number of hydrogen-bond donors (Lipinski definition) is 0. The highest BCUT2D eigenvalue weighted by atomic mass is 15.1. The Morgan fingerprint density at radius 2 is 1.07 bits per heavy atom. The van der Waals surface area contributed by atoms with Crippen molar-refractivity contribution in [3.63, 3.8) is 0 Å². The third kappa shape index (κ3) is 12.9. The van der Waals surface area contributed by atoms with Gasteiger partial charge in [-0.3, -0.25) is 0 Å². The molecule has 2 aromatic carbocycles. The van der Waals surface area contributed by atoms with E-state index in [4.69, 9.17) is 4.98 Å². The minimum absolute atomic E-state index is 0.0238. The van der Waals surface area contributed by atoms with E-state index < -0.39 is 0 Å². The molecule has 2 atom stereocenters. The zero-order chi connectivity index (χ0) is 31.1. The largest absolute Gasteiger partial charge is 0.335 e. The van der Waals surface area contributed by atoms with Crippen molar-refractivity contribution in [1.82, 2.24) is 9.55 Å². The van der Waals surface area contributed by atoms with Crippen LogP contribution in [0.5, 0.6) is 0 Å². The number of unbranched alkanes of at least 4 members (excludes halogenated alkanes) is 17. The Kier molecular flexibility index (Phi) is 18.2. The molecule has 0 aliphatic rings. The van der Waals surface area contributed by atoms with E-state index in [-0.39, 0.29) is 5.41 Å². The van der Waals surface area contributed by atoms with Gasteiger partial charge in [0.15, 0.2) is 0 Å². The minimum Gasteiger partial charge on any atom is -0.335 e. The average Bonchev–Trinajstić information content (AvgIpc) is 3.51. The Hall–Kier alpha value is -2.35. The molecule has 0 radical (unpaired) electrons. The molecule has 0 saturated carbocycles. The maximum atomic E-state index is 5.13. The molecule has 0 amide bonds. The molecule has 0 fully saturated rings. The van der Waals surface area contributed by atoms with E-state index in [0.29, 0.717) is 5.92 Å². The first-order valence-corrected chi connectivity index (χ1v) is 18.8. The lowest BCUT2D eigenvalue weighted by Crippen LogP contribution is -2.35. The van der Waals surface area contributed by atoms with Crippen LogP contribution >= 0.6 is 0 Å². The Balaban J connectivity index is 1.66. The van der Waals surface area contributed by atoms with Gasteiger partial charge in [-0.15, -0.1) is 0 Å². The molecule has 3 rings (SSSR count). The summed E-state index contributed by atoms with van der Waals surface area (Å²) in [5, 5.41) is 0. The van der Waals surface area contributed by atoms with E-state index >= 15 is 0 Å². The minimum atomic E-state index is -0.0238. The van der Waals surface area contributed by atoms with Gasteiger partial charge in [0.25, 0.3) is 0 Å². The standard InChI is InChI=1S/C42H66N2/c1-4-6-8-10-12-14-15-16-18-20-28-35-44-36-34-43-41(44)40(33-27-19-17-13-11-9-7-5-2)42(3,39-31-25-22-26-32-39)37-38-29-23-21-24-30-38/h21-26,29-32,34,36,40H,4-20,27-28,33,35,37H2,1-3H3. The van der Waals surface area contributed by atoms with Gasteiger partial charge in [0.05, 0.1) is 0 Å². The van der Waals surface area contributed by atoms with Gasteiger partial charge in [-0.25, -0.2) is 4.98 Å². The van der Waals surface area contributed by atoms with Crippen LogP contribution in [0.1, 0.15) is 172 Å². The van der Waals surface area contributed by atoms with Gasteiger partial charge >= 0.3 is 0 Å². The van der Waals surface area contributed by atoms with Crippen LogP contribution in [0, 0.1) is 0 Å². The van der Waals surface area contributed by atoms with Crippen LogP contribution in [-0.4, -0.2) is 9.55 Å². The van der Waals surface area contributed by atoms with Gasteiger partial charge < -0.3 is 4.57 Å². The zero-order valence-corrected chi connectivity index (χ0v) is 29.0. The third-order valence-electron chi connectivity index (χ3n) is 10.0. The number of hydrogen-bond acceptors (Lipinski definition) is 1. The lowest BCUT2D eigenvalue weighted by atomic mass is 9.66. The number of rotatable bonds is 26. The summed E-state index contributed by atoms with van der Waals surface area (Å²) in [6.07, 6.45) is 32.7. The Bertz CT molecular complexity index is 1070. The Morgan fingerprint density at radius 1 is 0.591 bits per heavy atom. The second-order valence-electron chi connectivity index (χ2n) is 13.8. The summed E-state index contributed by atoms with van der Waals surface area (Å²) in [5.41, 5.74) is 2.84. The zero-order valence-electron chi connectivity index (χ0n) is 29.0. The summed E-state index contributed by atoms with van der Waals surface area (Å²) in [4.78, 5) is 5.13. The van der Waals surface area contributed by atoms with E-state index in [1.807, 2.05) is 0 Å². The first-order chi connectivity index (χ1) is 21.7. The molecule has 0 N–H and O–H groups in total. The molecule has 0 aliphatic heterocycles. The van der Waals surface area contributed by atoms with Gasteiger partial charge in [-0.1, -0.05) is 197 Å². The van der Waals surface area contributed by atoms with Gasteiger partial charge in [-0.05, 0) is 30.4 Å². The second-order valence-corrected chi connectivity index (χ2v) is 13.8. The maximum Gasteiger partial charge on any atom is 0.112 e. The first-order valence-electron chi connectivity index (χ1n) is 18.8. The van der Waals surface area contributed by atoms with Gasteiger partial charge in [-0.2, -0.15) is 0 Å². The molecule has 1 heterocycles. The predicted octanol–water partition coefficient (Wildman–Crippen LogP) is 13.0. The van der Waals surface area contributed by atoms with Crippen LogP contribution in [0.2, 0.25) is 0 Å². The maximum absolute atomic E-state index is 5.13. The first kappa shape index (κ1) is 36.1. The molecule has 2 unspecified atom stereocenters. The van der Waals surface area contributed by atoms with E-state index in [0.717, 1.165) is 13.0 Å². The third-order valence-corrected chi connectivity index (χ3v) is 10.0. The van der Waals surface area contributed by atoms with Crippen LogP contribution in [0.25, 0.3) is 0 Å². The fourth-order valence-corrected chi connectivity index (χ4v) is 7.25.